The van der Waals surface area contributed by atoms with E-state index in [4.69, 9.17) is 9.47 Å². The van der Waals surface area contributed by atoms with Crippen LogP contribution in [0, 0.1) is 11.8 Å². The van der Waals surface area contributed by atoms with Gasteiger partial charge < -0.3 is 14.6 Å². The third kappa shape index (κ3) is 4.58. The summed E-state index contributed by atoms with van der Waals surface area (Å²) in [6, 6.07) is 8.83. The number of aliphatic hydroxyl groups is 1. The van der Waals surface area contributed by atoms with E-state index in [1.54, 1.807) is 31.2 Å². The van der Waals surface area contributed by atoms with E-state index in [1.807, 2.05) is 6.07 Å². The number of esters is 1. The standard InChI is InChI=1S/C23H27NO5S/c1-14(25)22-7-15(13-30-22)10-24-11-17-8-20(26)21(9-18(17)12-24)29-19-5-3-16(4-6-19)23(27)28-2/h3-7,13,17-18,20-21,26H,8-12H2,1-2H3/t17-,18+,20+,21+/m0/s1. The van der Waals surface area contributed by atoms with Crippen LogP contribution in [0.2, 0.25) is 0 Å². The number of carbonyl (C=O) groups is 2. The molecule has 0 bridgehead atoms. The Morgan fingerprint density at radius 3 is 2.50 bits per heavy atom. The number of rotatable bonds is 6. The van der Waals surface area contributed by atoms with Gasteiger partial charge in [-0.3, -0.25) is 9.69 Å². The second-order valence-electron chi connectivity index (χ2n) is 8.30. The van der Waals surface area contributed by atoms with Crippen LogP contribution in [0.1, 0.15) is 45.4 Å². The minimum Gasteiger partial charge on any atom is -0.488 e. The number of hydrogen-bond acceptors (Lipinski definition) is 7. The number of likely N-dealkylation sites (tertiary alicyclic amines) is 1. The molecule has 30 heavy (non-hydrogen) atoms. The van der Waals surface area contributed by atoms with Gasteiger partial charge in [-0.15, -0.1) is 11.3 Å². The molecule has 1 aromatic carbocycles. The maximum absolute atomic E-state index is 11.6. The lowest BCUT2D eigenvalue weighted by molar-refractivity contribution is -0.0231. The molecule has 0 radical (unpaired) electrons. The van der Waals surface area contributed by atoms with Gasteiger partial charge in [-0.1, -0.05) is 0 Å². The topological polar surface area (TPSA) is 76.1 Å². The Kier molecular flexibility index (Phi) is 6.22. The molecule has 0 amide bonds. The van der Waals surface area contributed by atoms with Crippen molar-refractivity contribution in [3.63, 3.8) is 0 Å². The Morgan fingerprint density at radius 2 is 1.87 bits per heavy atom. The Morgan fingerprint density at radius 1 is 1.17 bits per heavy atom. The zero-order valence-electron chi connectivity index (χ0n) is 17.2. The molecule has 1 saturated heterocycles. The molecule has 2 aromatic rings. The minimum absolute atomic E-state index is 0.115. The molecule has 4 rings (SSSR count). The Labute approximate surface area is 180 Å². The van der Waals surface area contributed by atoms with Crippen LogP contribution >= 0.6 is 11.3 Å². The molecular weight excluding hydrogens is 402 g/mol. The third-order valence-corrected chi connectivity index (χ3v) is 7.21. The first kappa shape index (κ1) is 21.0. The summed E-state index contributed by atoms with van der Waals surface area (Å²) in [5, 5.41) is 12.7. The first-order valence-corrected chi connectivity index (χ1v) is 11.1. The maximum Gasteiger partial charge on any atom is 0.337 e. The van der Waals surface area contributed by atoms with Crippen LogP contribution in [0.5, 0.6) is 5.75 Å². The third-order valence-electron chi connectivity index (χ3n) is 6.13. The second kappa shape index (κ2) is 8.88. The highest BCUT2D eigenvalue weighted by molar-refractivity contribution is 7.12. The Hall–Kier alpha value is -2.22. The van der Waals surface area contributed by atoms with Crippen molar-refractivity contribution in [3.05, 3.63) is 51.7 Å². The number of hydrogen-bond donors (Lipinski definition) is 1. The van der Waals surface area contributed by atoms with Crippen molar-refractivity contribution in [2.45, 2.75) is 38.5 Å². The van der Waals surface area contributed by atoms with Crippen molar-refractivity contribution < 1.29 is 24.2 Å². The van der Waals surface area contributed by atoms with Crippen LogP contribution in [-0.2, 0) is 11.3 Å². The number of ketones is 1. The second-order valence-corrected chi connectivity index (χ2v) is 9.21. The van der Waals surface area contributed by atoms with Crippen LogP contribution in [0.4, 0.5) is 0 Å². The fraction of sp³-hybridized carbons (Fsp3) is 0.478. The predicted molar refractivity (Wildman–Crippen MR) is 114 cm³/mol. The summed E-state index contributed by atoms with van der Waals surface area (Å²) in [4.78, 5) is 26.3. The first-order chi connectivity index (χ1) is 14.4. The predicted octanol–water partition coefficient (Wildman–Crippen LogP) is 3.39. The van der Waals surface area contributed by atoms with Gasteiger partial charge in [0.1, 0.15) is 11.9 Å². The molecule has 2 heterocycles. The van der Waals surface area contributed by atoms with E-state index in [0.29, 0.717) is 23.1 Å². The molecule has 2 aliphatic rings. The van der Waals surface area contributed by atoms with E-state index >= 15 is 0 Å². The van der Waals surface area contributed by atoms with Crippen LogP contribution in [0.3, 0.4) is 0 Å². The number of fused-ring (bicyclic) bond motifs is 1. The summed E-state index contributed by atoms with van der Waals surface area (Å²) in [7, 11) is 1.35. The van der Waals surface area contributed by atoms with Crippen LogP contribution < -0.4 is 4.74 Å². The quantitative estimate of drug-likeness (QED) is 0.560. The van der Waals surface area contributed by atoms with E-state index in [2.05, 4.69) is 10.3 Å². The molecule has 1 aromatic heterocycles. The lowest BCUT2D eigenvalue weighted by Crippen LogP contribution is -2.42. The van der Waals surface area contributed by atoms with Crippen LogP contribution in [0.25, 0.3) is 0 Å². The highest BCUT2D eigenvalue weighted by Gasteiger charge is 2.42. The SMILES string of the molecule is COC(=O)c1ccc(O[C@@H]2C[C@@H]3CN(Cc4csc(C(C)=O)c4)C[C@@H]3C[C@H]2O)cc1. The van der Waals surface area contributed by atoms with E-state index in [9.17, 15) is 14.7 Å². The number of carbonyl (C=O) groups excluding carboxylic acids is 2. The van der Waals surface area contributed by atoms with Gasteiger partial charge in [-0.2, -0.15) is 0 Å². The average Bonchev–Trinajstić information content (AvgIpc) is 3.35. The number of Topliss-reactive ketones (excluding diaryl/α,β-unsaturated/α-hetero) is 1. The highest BCUT2D eigenvalue weighted by Crippen LogP contribution is 2.38. The average molecular weight is 430 g/mol. The summed E-state index contributed by atoms with van der Waals surface area (Å²) < 4.78 is 10.8. The van der Waals surface area contributed by atoms with Crippen molar-refractivity contribution in [1.29, 1.82) is 0 Å². The van der Waals surface area contributed by atoms with Crippen molar-refractivity contribution >= 4 is 23.1 Å². The monoisotopic (exact) mass is 429 g/mol. The largest absolute Gasteiger partial charge is 0.488 e. The van der Waals surface area contributed by atoms with Crippen molar-refractivity contribution in [2.75, 3.05) is 20.2 Å². The lowest BCUT2D eigenvalue weighted by atomic mass is 9.78. The van der Waals surface area contributed by atoms with Gasteiger partial charge in [0.2, 0.25) is 0 Å². The molecule has 1 aliphatic heterocycles. The highest BCUT2D eigenvalue weighted by atomic mass is 32.1. The van der Waals surface area contributed by atoms with E-state index in [-0.39, 0.29) is 17.9 Å². The Balaban J connectivity index is 1.35. The summed E-state index contributed by atoms with van der Waals surface area (Å²) in [6.07, 6.45) is 0.787. The number of aliphatic hydroxyl groups excluding tert-OH is 1. The number of ether oxygens (including phenoxy) is 2. The number of thiophene rings is 1. The Bertz CT molecular complexity index is 909. The lowest BCUT2D eigenvalue weighted by Gasteiger charge is -2.35. The van der Waals surface area contributed by atoms with E-state index < -0.39 is 6.10 Å². The fourth-order valence-electron chi connectivity index (χ4n) is 4.61. The van der Waals surface area contributed by atoms with Gasteiger partial charge in [-0.05, 0) is 72.9 Å². The van der Waals surface area contributed by atoms with Gasteiger partial charge in [0.15, 0.2) is 5.78 Å². The summed E-state index contributed by atoms with van der Waals surface area (Å²) in [5.74, 6) is 1.33. The zero-order chi connectivity index (χ0) is 21.3. The van der Waals surface area contributed by atoms with Crippen molar-refractivity contribution in [3.8, 4) is 5.75 Å². The molecule has 2 fully saturated rings. The van der Waals surface area contributed by atoms with Crippen molar-refractivity contribution in [2.24, 2.45) is 11.8 Å². The zero-order valence-corrected chi connectivity index (χ0v) is 18.1. The molecule has 7 heteroatoms. The maximum atomic E-state index is 11.6. The molecule has 1 saturated carbocycles. The molecule has 6 nitrogen and oxygen atoms in total. The normalized spacial score (nSPS) is 26.2. The summed E-state index contributed by atoms with van der Waals surface area (Å²) in [6.45, 7) is 4.38. The van der Waals surface area contributed by atoms with Gasteiger partial charge in [0.25, 0.3) is 0 Å². The molecule has 1 aliphatic carbocycles. The van der Waals surface area contributed by atoms with Crippen LogP contribution in [-0.4, -0.2) is 54.2 Å². The molecule has 160 valence electrons. The molecule has 0 unspecified atom stereocenters. The minimum atomic E-state index is -0.503. The first-order valence-electron chi connectivity index (χ1n) is 10.3. The molecule has 0 spiro atoms. The van der Waals surface area contributed by atoms with Gasteiger partial charge in [-0.25, -0.2) is 4.79 Å². The summed E-state index contributed by atoms with van der Waals surface area (Å²) >= 11 is 1.51. The number of benzene rings is 1. The van der Waals surface area contributed by atoms with E-state index in [1.165, 1.54) is 24.0 Å². The number of methoxy groups -OCH3 is 1. The fourth-order valence-corrected chi connectivity index (χ4v) is 5.41. The number of nitrogens with zero attached hydrogens (tertiary/aromatic N) is 1. The molecule has 4 atom stereocenters. The van der Waals surface area contributed by atoms with Crippen molar-refractivity contribution in [1.82, 2.24) is 4.90 Å². The van der Waals surface area contributed by atoms with Gasteiger partial charge in [0.05, 0.1) is 23.7 Å². The van der Waals surface area contributed by atoms with E-state index in [0.717, 1.165) is 37.4 Å². The van der Waals surface area contributed by atoms with Gasteiger partial charge in [0, 0.05) is 19.6 Å². The smallest absolute Gasteiger partial charge is 0.337 e. The van der Waals surface area contributed by atoms with Gasteiger partial charge >= 0.3 is 5.97 Å². The molecular formula is C23H27NO5S. The summed E-state index contributed by atoms with van der Waals surface area (Å²) in [5.41, 5.74) is 1.66. The van der Waals surface area contributed by atoms with Crippen LogP contribution in [0.15, 0.2) is 35.7 Å². The molecule has 1 N–H and O–H groups in total.